The molecule has 0 aromatic heterocycles. The molecule has 39 heavy (non-hydrogen) atoms. The van der Waals surface area contributed by atoms with Crippen molar-refractivity contribution in [2.24, 2.45) is 5.18 Å². The highest BCUT2D eigenvalue weighted by molar-refractivity contribution is 5.91. The molecule has 11 nitrogen and oxygen atoms in total. The molecule has 2 aromatic rings. The molecule has 2 atom stereocenters. The number of ether oxygens (including phenoxy) is 4. The maximum atomic E-state index is 12.5. The zero-order valence-corrected chi connectivity index (χ0v) is 21.6. The summed E-state index contributed by atoms with van der Waals surface area (Å²) in [4.78, 5) is 58.6. The van der Waals surface area contributed by atoms with Crippen LogP contribution in [-0.4, -0.2) is 67.6 Å². The lowest BCUT2D eigenvalue weighted by Gasteiger charge is -2.16. The van der Waals surface area contributed by atoms with Crippen LogP contribution in [0.5, 0.6) is 0 Å². The zero-order valence-electron chi connectivity index (χ0n) is 21.6. The van der Waals surface area contributed by atoms with Gasteiger partial charge in [-0.15, -0.1) is 0 Å². The monoisotopic (exact) mass is 539 g/mol. The zero-order chi connectivity index (χ0) is 28.9. The lowest BCUT2D eigenvalue weighted by molar-refractivity contribution is -0.143. The summed E-state index contributed by atoms with van der Waals surface area (Å²) >= 11 is 0. The molecule has 0 aliphatic heterocycles. The number of rotatable bonds is 14. The van der Waals surface area contributed by atoms with E-state index in [-0.39, 0.29) is 42.0 Å². The van der Waals surface area contributed by atoms with Gasteiger partial charge in [-0.3, -0.25) is 0 Å². The van der Waals surface area contributed by atoms with Gasteiger partial charge in [0, 0.05) is 11.1 Å². The Hall–Kier alpha value is -4.64. The fourth-order valence-electron chi connectivity index (χ4n) is 2.95. The van der Waals surface area contributed by atoms with Crippen LogP contribution in [0, 0.1) is 4.91 Å². The molecule has 0 heterocycles. The largest absolute Gasteiger partial charge is 0.458 e. The van der Waals surface area contributed by atoms with E-state index in [0.29, 0.717) is 0 Å². The third-order valence-electron chi connectivity index (χ3n) is 5.10. The number of benzene rings is 2. The second kappa shape index (κ2) is 14.9. The van der Waals surface area contributed by atoms with Crippen LogP contribution < -0.4 is 0 Å². The Morgan fingerprint density at radius 1 is 0.744 bits per heavy atom. The first kappa shape index (κ1) is 30.6. The summed E-state index contributed by atoms with van der Waals surface area (Å²) in [7, 11) is 0. The Balaban J connectivity index is 1.99. The van der Waals surface area contributed by atoms with E-state index in [1.165, 1.54) is 38.1 Å². The van der Waals surface area contributed by atoms with E-state index in [1.54, 1.807) is 24.3 Å². The van der Waals surface area contributed by atoms with Crippen LogP contribution in [0.3, 0.4) is 0 Å². The quantitative estimate of drug-likeness (QED) is 0.163. The highest BCUT2D eigenvalue weighted by atomic mass is 16.6. The summed E-state index contributed by atoms with van der Waals surface area (Å²) in [5, 5.41) is 12.1. The Morgan fingerprint density at radius 3 is 1.49 bits per heavy atom. The van der Waals surface area contributed by atoms with E-state index in [0.717, 1.165) is 11.1 Å². The molecular weight excluding hydrogens is 510 g/mol. The van der Waals surface area contributed by atoms with Crippen molar-refractivity contribution in [3.63, 3.8) is 0 Å². The Bertz CT molecular complexity index is 1220. The van der Waals surface area contributed by atoms with Crippen LogP contribution in [0.15, 0.2) is 78.0 Å². The molecule has 0 saturated heterocycles. The van der Waals surface area contributed by atoms with E-state index in [1.807, 2.05) is 0 Å². The summed E-state index contributed by atoms with van der Waals surface area (Å²) in [5.41, 5.74) is 2.22. The number of aliphatic hydroxyl groups excluding tert-OH is 1. The predicted octanol–water partition coefficient (Wildman–Crippen LogP) is 3.40. The van der Waals surface area contributed by atoms with Crippen LogP contribution in [0.25, 0.3) is 11.1 Å². The first-order valence-electron chi connectivity index (χ1n) is 11.7. The molecule has 0 saturated carbocycles. The highest BCUT2D eigenvalue weighted by Crippen LogP contribution is 2.21. The number of carbonyl (C=O) groups excluding carboxylic acids is 4. The average molecular weight is 540 g/mol. The van der Waals surface area contributed by atoms with Crippen molar-refractivity contribution in [3.8, 4) is 11.1 Å². The van der Waals surface area contributed by atoms with Crippen LogP contribution in [-0.2, 0) is 28.5 Å². The van der Waals surface area contributed by atoms with Crippen molar-refractivity contribution in [2.45, 2.75) is 26.1 Å². The normalized spacial score (nSPS) is 11.9. The van der Waals surface area contributed by atoms with Gasteiger partial charge in [-0.05, 0) is 49.2 Å². The number of aliphatic hydroxyl groups is 1. The topological polar surface area (TPSA) is 155 Å². The summed E-state index contributed by atoms with van der Waals surface area (Å²) in [6.45, 7) is 8.26. The van der Waals surface area contributed by atoms with Gasteiger partial charge < -0.3 is 24.1 Å². The van der Waals surface area contributed by atoms with E-state index >= 15 is 0 Å². The van der Waals surface area contributed by atoms with Crippen molar-refractivity contribution in [1.29, 1.82) is 0 Å². The second-order valence-corrected chi connectivity index (χ2v) is 8.46. The minimum atomic E-state index is -1.05. The van der Waals surface area contributed by atoms with Gasteiger partial charge in [0.1, 0.15) is 19.8 Å². The molecule has 0 aliphatic rings. The van der Waals surface area contributed by atoms with Gasteiger partial charge in [0.15, 0.2) is 12.2 Å². The van der Waals surface area contributed by atoms with Gasteiger partial charge >= 0.3 is 23.9 Å². The number of nitroso groups, excluding NO2 is 1. The van der Waals surface area contributed by atoms with E-state index in [4.69, 9.17) is 18.9 Å². The molecule has 0 radical (unpaired) electrons. The number of carbonyl (C=O) groups is 4. The summed E-state index contributed by atoms with van der Waals surface area (Å²) in [6.07, 6.45) is -2.08. The SMILES string of the molecule is C=C(C)C(=O)OCC(CO)OC(=O)c1ccc(-c2ccc(C(=O)OC(CN=O)COC(=O)C(=C)C)cc2)cc1. The molecule has 0 aliphatic carbocycles. The maximum absolute atomic E-state index is 12.5. The van der Waals surface area contributed by atoms with Gasteiger partial charge in [-0.1, -0.05) is 42.6 Å². The van der Waals surface area contributed by atoms with Gasteiger partial charge in [-0.2, -0.15) is 4.91 Å². The molecule has 1 N–H and O–H groups in total. The molecule has 0 bridgehead atoms. The molecular formula is C28H29NO10. The molecule has 206 valence electrons. The van der Waals surface area contributed by atoms with E-state index in [9.17, 15) is 29.2 Å². The Kier molecular flexibility index (Phi) is 11.7. The molecule has 11 heteroatoms. The Morgan fingerprint density at radius 2 is 1.13 bits per heavy atom. The number of nitrogens with zero attached hydrogens (tertiary/aromatic N) is 1. The lowest BCUT2D eigenvalue weighted by atomic mass is 10.0. The summed E-state index contributed by atoms with van der Waals surface area (Å²) in [6, 6.07) is 12.7. The highest BCUT2D eigenvalue weighted by Gasteiger charge is 2.20. The molecule has 0 fully saturated rings. The fourth-order valence-corrected chi connectivity index (χ4v) is 2.95. The maximum Gasteiger partial charge on any atom is 0.338 e. The average Bonchev–Trinajstić information content (AvgIpc) is 2.93. The number of hydrogen-bond donors (Lipinski definition) is 1. The third kappa shape index (κ3) is 9.63. The second-order valence-electron chi connectivity index (χ2n) is 8.46. The van der Waals surface area contributed by atoms with E-state index in [2.05, 4.69) is 18.3 Å². The van der Waals surface area contributed by atoms with Crippen LogP contribution in [0.1, 0.15) is 34.6 Å². The number of esters is 4. The molecule has 2 aromatic carbocycles. The van der Waals surface area contributed by atoms with Gasteiger partial charge in [0.25, 0.3) is 0 Å². The molecule has 2 unspecified atom stereocenters. The minimum Gasteiger partial charge on any atom is -0.458 e. The van der Waals surface area contributed by atoms with Crippen molar-refractivity contribution >= 4 is 23.9 Å². The first-order valence-corrected chi connectivity index (χ1v) is 11.7. The first-order chi connectivity index (χ1) is 18.5. The van der Waals surface area contributed by atoms with Gasteiger partial charge in [0.2, 0.25) is 0 Å². The van der Waals surface area contributed by atoms with Crippen molar-refractivity contribution in [3.05, 3.63) is 88.9 Å². The van der Waals surface area contributed by atoms with Crippen LogP contribution >= 0.6 is 0 Å². The summed E-state index contributed by atoms with van der Waals surface area (Å²) < 4.78 is 20.3. The lowest BCUT2D eigenvalue weighted by Crippen LogP contribution is -2.28. The van der Waals surface area contributed by atoms with Crippen molar-refractivity contribution in [2.75, 3.05) is 26.4 Å². The summed E-state index contributed by atoms with van der Waals surface area (Å²) in [5.74, 6) is -2.77. The smallest absolute Gasteiger partial charge is 0.338 e. The molecule has 2 rings (SSSR count). The molecule has 0 amide bonds. The minimum absolute atomic E-state index is 0.163. The van der Waals surface area contributed by atoms with E-state index < -0.39 is 42.7 Å². The fraction of sp³-hybridized carbons (Fsp3) is 0.286. The van der Waals surface area contributed by atoms with Crippen molar-refractivity contribution in [1.82, 2.24) is 0 Å². The Labute approximate surface area is 225 Å². The van der Waals surface area contributed by atoms with Crippen molar-refractivity contribution < 1.29 is 43.2 Å². The predicted molar refractivity (Wildman–Crippen MR) is 140 cm³/mol. The van der Waals surface area contributed by atoms with Crippen LogP contribution in [0.4, 0.5) is 0 Å². The van der Waals surface area contributed by atoms with Gasteiger partial charge in [-0.25, -0.2) is 19.2 Å². The van der Waals surface area contributed by atoms with Gasteiger partial charge in [0.05, 0.1) is 17.7 Å². The molecule has 0 spiro atoms. The third-order valence-corrected chi connectivity index (χ3v) is 5.10. The standard InChI is InChI=1S/C28H29NO10/c1-17(2)25(31)36-15-23(13-29-35)38-27(33)21-9-5-19(6-10-21)20-7-11-22(12-8-20)28(34)39-24(14-30)16-37-26(32)18(3)4/h5-12,23-24,30H,1,3,13-16H2,2,4H3. The number of hydrogen-bond acceptors (Lipinski definition) is 11. The van der Waals surface area contributed by atoms with Crippen LogP contribution in [0.2, 0.25) is 0 Å².